The highest BCUT2D eigenvalue weighted by Gasteiger charge is 2.43. The largest absolute Gasteiger partial charge is 0.387 e. The SMILES string of the molecule is O=C(Nc1ncnc2c1ncn2[C@@H]1O[C@H](/C=C/P(=O)(O)O)[C@H](O)[C@H]1O)c1ccccc1. The van der Waals surface area contributed by atoms with Crippen molar-refractivity contribution in [3.05, 3.63) is 60.4 Å². The van der Waals surface area contributed by atoms with Crippen LogP contribution < -0.4 is 5.32 Å². The molecule has 4 atom stereocenters. The number of carbonyl (C=O) groups excluding carboxylic acids is 1. The number of carbonyl (C=O) groups is 1. The van der Waals surface area contributed by atoms with Crippen LogP contribution in [0.4, 0.5) is 5.82 Å². The van der Waals surface area contributed by atoms with E-state index in [9.17, 15) is 19.6 Å². The molecule has 1 aromatic carbocycles. The number of ether oxygens (including phenoxy) is 1. The first-order chi connectivity index (χ1) is 14.7. The number of hydrogen-bond donors (Lipinski definition) is 5. The Bertz CT molecular complexity index is 1180. The van der Waals surface area contributed by atoms with E-state index in [1.807, 2.05) is 0 Å². The molecular formula is C18H18N5O7P. The highest BCUT2D eigenvalue weighted by Crippen LogP contribution is 2.38. The van der Waals surface area contributed by atoms with Crippen LogP contribution in [0.5, 0.6) is 0 Å². The highest BCUT2D eigenvalue weighted by atomic mass is 31.2. The second kappa shape index (κ2) is 8.27. The molecule has 3 aromatic rings. The van der Waals surface area contributed by atoms with Gasteiger partial charge in [-0.15, -0.1) is 0 Å². The van der Waals surface area contributed by atoms with Crippen molar-refractivity contribution < 1.29 is 34.1 Å². The maximum Gasteiger partial charge on any atom is 0.348 e. The molecule has 4 rings (SSSR count). The summed E-state index contributed by atoms with van der Waals surface area (Å²) in [6.45, 7) is 0. The van der Waals surface area contributed by atoms with Crippen molar-refractivity contribution in [3.63, 3.8) is 0 Å². The summed E-state index contributed by atoms with van der Waals surface area (Å²) >= 11 is 0. The molecular weight excluding hydrogens is 429 g/mol. The number of nitrogens with one attached hydrogen (secondary N) is 1. The molecule has 0 aliphatic carbocycles. The average Bonchev–Trinajstić information content (AvgIpc) is 3.29. The van der Waals surface area contributed by atoms with Gasteiger partial charge in [-0.1, -0.05) is 18.2 Å². The Kier molecular flexibility index (Phi) is 5.67. The third-order valence-electron chi connectivity index (χ3n) is 4.65. The Labute approximate surface area is 175 Å². The van der Waals surface area contributed by atoms with E-state index in [0.29, 0.717) is 11.4 Å². The van der Waals surface area contributed by atoms with Crippen molar-refractivity contribution in [2.24, 2.45) is 0 Å². The lowest BCUT2D eigenvalue weighted by Gasteiger charge is -2.16. The molecule has 162 valence electrons. The van der Waals surface area contributed by atoms with Gasteiger partial charge in [0.05, 0.1) is 6.33 Å². The minimum absolute atomic E-state index is 0.142. The van der Waals surface area contributed by atoms with E-state index in [1.165, 1.54) is 17.2 Å². The monoisotopic (exact) mass is 447 g/mol. The van der Waals surface area contributed by atoms with E-state index in [-0.39, 0.29) is 17.0 Å². The summed E-state index contributed by atoms with van der Waals surface area (Å²) in [6.07, 6.45) is -1.68. The number of hydrogen-bond acceptors (Lipinski definition) is 8. The van der Waals surface area contributed by atoms with E-state index in [1.54, 1.807) is 30.3 Å². The van der Waals surface area contributed by atoms with Gasteiger partial charge >= 0.3 is 7.60 Å². The van der Waals surface area contributed by atoms with Gasteiger partial charge in [-0.3, -0.25) is 13.9 Å². The molecule has 0 unspecified atom stereocenters. The summed E-state index contributed by atoms with van der Waals surface area (Å²) in [6, 6.07) is 8.51. The molecule has 0 spiro atoms. The smallest absolute Gasteiger partial charge is 0.348 e. The topological polar surface area (TPSA) is 180 Å². The summed E-state index contributed by atoms with van der Waals surface area (Å²) in [5.74, 6) is 0.343. The number of aliphatic hydroxyl groups excluding tert-OH is 2. The van der Waals surface area contributed by atoms with Crippen molar-refractivity contribution in [3.8, 4) is 0 Å². The van der Waals surface area contributed by atoms with E-state index >= 15 is 0 Å². The predicted octanol–water partition coefficient (Wildman–Crippen LogP) is 0.389. The molecule has 3 heterocycles. The second-order valence-electron chi connectivity index (χ2n) is 6.77. The normalized spacial score (nSPS) is 24.1. The molecule has 1 aliphatic rings. The summed E-state index contributed by atoms with van der Waals surface area (Å²) in [4.78, 5) is 42.7. The van der Waals surface area contributed by atoms with Crippen LogP contribution >= 0.6 is 7.60 Å². The van der Waals surface area contributed by atoms with Crippen molar-refractivity contribution in [2.45, 2.75) is 24.5 Å². The summed E-state index contributed by atoms with van der Waals surface area (Å²) in [5.41, 5.74) is 0.867. The summed E-state index contributed by atoms with van der Waals surface area (Å²) < 4.78 is 17.9. The number of aliphatic hydroxyl groups is 2. The first kappa shape index (κ1) is 21.2. The van der Waals surface area contributed by atoms with Gasteiger partial charge in [0.2, 0.25) is 0 Å². The third kappa shape index (κ3) is 4.39. The Morgan fingerprint density at radius 1 is 1.13 bits per heavy atom. The first-order valence-electron chi connectivity index (χ1n) is 9.05. The summed E-state index contributed by atoms with van der Waals surface area (Å²) in [7, 11) is -4.46. The van der Waals surface area contributed by atoms with Gasteiger partial charge < -0.3 is 30.1 Å². The van der Waals surface area contributed by atoms with Crippen LogP contribution in [-0.2, 0) is 9.30 Å². The van der Waals surface area contributed by atoms with Crippen LogP contribution in [0.2, 0.25) is 0 Å². The van der Waals surface area contributed by atoms with Gasteiger partial charge in [0.25, 0.3) is 5.91 Å². The summed E-state index contributed by atoms with van der Waals surface area (Å²) in [5, 5.41) is 23.2. The third-order valence-corrected chi connectivity index (χ3v) is 5.21. The number of benzene rings is 1. The fourth-order valence-corrected chi connectivity index (χ4v) is 3.56. The fourth-order valence-electron chi connectivity index (χ4n) is 3.17. The number of nitrogens with zero attached hydrogens (tertiary/aromatic N) is 4. The van der Waals surface area contributed by atoms with Crippen LogP contribution in [0.15, 0.2) is 54.9 Å². The molecule has 5 N–H and O–H groups in total. The van der Waals surface area contributed by atoms with Gasteiger partial charge in [0, 0.05) is 11.4 Å². The first-order valence-corrected chi connectivity index (χ1v) is 10.7. The maximum absolute atomic E-state index is 12.4. The zero-order valence-corrected chi connectivity index (χ0v) is 16.6. The van der Waals surface area contributed by atoms with E-state index in [0.717, 1.165) is 6.08 Å². The van der Waals surface area contributed by atoms with Gasteiger partial charge in [-0.05, 0) is 18.2 Å². The number of rotatable bonds is 5. The predicted molar refractivity (Wildman–Crippen MR) is 107 cm³/mol. The maximum atomic E-state index is 12.4. The molecule has 1 amide bonds. The Morgan fingerprint density at radius 2 is 1.87 bits per heavy atom. The van der Waals surface area contributed by atoms with E-state index in [4.69, 9.17) is 14.5 Å². The number of fused-ring (bicyclic) bond motifs is 1. The van der Waals surface area contributed by atoms with Crippen LogP contribution in [0.3, 0.4) is 0 Å². The van der Waals surface area contributed by atoms with Gasteiger partial charge in [-0.25, -0.2) is 15.0 Å². The van der Waals surface area contributed by atoms with Gasteiger partial charge in [-0.2, -0.15) is 0 Å². The molecule has 13 heteroatoms. The van der Waals surface area contributed by atoms with Crippen molar-refractivity contribution in [1.29, 1.82) is 0 Å². The zero-order chi connectivity index (χ0) is 22.2. The molecule has 1 aliphatic heterocycles. The van der Waals surface area contributed by atoms with Gasteiger partial charge in [0.15, 0.2) is 23.2 Å². The Balaban J connectivity index is 1.61. The molecule has 0 saturated carbocycles. The fraction of sp³-hybridized carbons (Fsp3) is 0.222. The molecule has 1 saturated heterocycles. The van der Waals surface area contributed by atoms with E-state index in [2.05, 4.69) is 20.3 Å². The zero-order valence-electron chi connectivity index (χ0n) is 15.8. The molecule has 12 nitrogen and oxygen atoms in total. The second-order valence-corrected chi connectivity index (χ2v) is 8.25. The minimum Gasteiger partial charge on any atom is -0.387 e. The molecule has 1 fully saturated rings. The molecule has 2 aromatic heterocycles. The van der Waals surface area contributed by atoms with Crippen LogP contribution in [0.1, 0.15) is 16.6 Å². The number of amides is 1. The number of imidazole rings is 1. The lowest BCUT2D eigenvalue weighted by atomic mass is 10.1. The van der Waals surface area contributed by atoms with Crippen molar-refractivity contribution in [2.75, 3.05) is 5.32 Å². The van der Waals surface area contributed by atoms with Crippen LogP contribution in [0, 0.1) is 0 Å². The minimum atomic E-state index is -4.46. The lowest BCUT2D eigenvalue weighted by molar-refractivity contribution is -0.0244. The molecule has 31 heavy (non-hydrogen) atoms. The van der Waals surface area contributed by atoms with Crippen LogP contribution in [0.25, 0.3) is 11.2 Å². The number of anilines is 1. The van der Waals surface area contributed by atoms with Crippen molar-refractivity contribution in [1.82, 2.24) is 19.5 Å². The lowest BCUT2D eigenvalue weighted by Crippen LogP contribution is -2.30. The van der Waals surface area contributed by atoms with E-state index < -0.39 is 38.0 Å². The average molecular weight is 447 g/mol. The molecule has 0 bridgehead atoms. The quantitative estimate of drug-likeness (QED) is 0.343. The highest BCUT2D eigenvalue weighted by molar-refractivity contribution is 7.55. The standard InChI is InChI=1S/C18H18N5O7P/c24-13-11(6-7-31(27,28)29)30-18(14(13)25)23-9-21-12-15(19-8-20-16(12)23)22-17(26)10-4-2-1-3-5-10/h1-9,11,13-14,18,24-25H,(H2,27,28,29)(H,19,20,22,26)/b7-6+/t11-,13+,14-,18-/m1/s1. The molecule has 0 radical (unpaired) electrons. The Morgan fingerprint density at radius 3 is 2.58 bits per heavy atom. The number of aromatic nitrogens is 4. The Hall–Kier alpha value is -2.99. The van der Waals surface area contributed by atoms with Crippen LogP contribution in [-0.4, -0.2) is 63.7 Å². The van der Waals surface area contributed by atoms with Crippen molar-refractivity contribution >= 4 is 30.5 Å². The van der Waals surface area contributed by atoms with Gasteiger partial charge in [0.1, 0.15) is 24.6 Å².